The summed E-state index contributed by atoms with van der Waals surface area (Å²) < 4.78 is 31.8. The molecule has 2 rings (SSSR count). The monoisotopic (exact) mass is 383 g/mol. The lowest BCUT2D eigenvalue weighted by atomic mass is 9.94. The van der Waals surface area contributed by atoms with E-state index in [1.165, 1.54) is 0 Å². The van der Waals surface area contributed by atoms with Crippen molar-refractivity contribution in [3.05, 3.63) is 35.4 Å². The summed E-state index contributed by atoms with van der Waals surface area (Å²) in [6.07, 6.45) is 0. The Labute approximate surface area is 154 Å². The Morgan fingerprint density at radius 1 is 1.27 bits per heavy atom. The number of nitrogens with one attached hydrogen (secondary N) is 1. The molecule has 0 saturated carbocycles. The molecular formula is C17H25N3O5S. The maximum atomic E-state index is 12.2. The molecule has 0 aliphatic carbocycles. The highest BCUT2D eigenvalue weighted by Crippen LogP contribution is 2.18. The van der Waals surface area contributed by atoms with E-state index in [2.05, 4.69) is 0 Å². The van der Waals surface area contributed by atoms with Crippen LogP contribution in [0.3, 0.4) is 0 Å². The Bertz CT molecular complexity index is 772. The molecule has 0 atom stereocenters. The van der Waals surface area contributed by atoms with Gasteiger partial charge in [0, 0.05) is 18.5 Å². The molecule has 0 unspecified atom stereocenters. The summed E-state index contributed by atoms with van der Waals surface area (Å²) in [6.45, 7) is 4.99. The number of amides is 1. The molecule has 1 aliphatic rings. The summed E-state index contributed by atoms with van der Waals surface area (Å²) in [7, 11) is 0.171. The Kier molecular flexibility index (Phi) is 6.05. The highest BCUT2D eigenvalue weighted by molar-refractivity contribution is 7.88. The van der Waals surface area contributed by atoms with Gasteiger partial charge in [0.05, 0.1) is 18.7 Å². The lowest BCUT2D eigenvalue weighted by molar-refractivity contribution is -0.118. The first-order valence-electron chi connectivity index (χ1n) is 8.20. The van der Waals surface area contributed by atoms with E-state index in [1.54, 1.807) is 24.3 Å². The highest BCUT2D eigenvalue weighted by Gasteiger charge is 2.33. The molecule has 1 N–H and O–H groups in total. The van der Waals surface area contributed by atoms with Gasteiger partial charge in [-0.25, -0.2) is 9.52 Å². The van der Waals surface area contributed by atoms with Gasteiger partial charge in [-0.2, -0.15) is 12.7 Å². The lowest BCUT2D eigenvalue weighted by Crippen LogP contribution is -2.33. The number of nitrogens with zero attached hydrogens (tertiary/aromatic N) is 2. The zero-order valence-electron chi connectivity index (χ0n) is 15.5. The van der Waals surface area contributed by atoms with Gasteiger partial charge in [0.25, 0.3) is 0 Å². The van der Waals surface area contributed by atoms with E-state index in [4.69, 9.17) is 4.74 Å². The van der Waals surface area contributed by atoms with Gasteiger partial charge in [0.15, 0.2) is 0 Å². The third-order valence-corrected chi connectivity index (χ3v) is 5.21. The van der Waals surface area contributed by atoms with E-state index < -0.39 is 22.1 Å². The normalized spacial score (nSPS) is 17.3. The molecule has 9 heteroatoms. The predicted molar refractivity (Wildman–Crippen MR) is 96.5 cm³/mol. The number of carbonyl (C=O) groups is 2. The molecule has 1 aromatic rings. The van der Waals surface area contributed by atoms with Crippen molar-refractivity contribution in [2.75, 3.05) is 33.8 Å². The zero-order chi connectivity index (χ0) is 19.5. The lowest BCUT2D eigenvalue weighted by Gasteiger charge is -2.27. The molecular weight excluding hydrogens is 358 g/mol. The fourth-order valence-electron chi connectivity index (χ4n) is 2.82. The van der Waals surface area contributed by atoms with Gasteiger partial charge in [-0.05, 0) is 31.8 Å². The van der Waals surface area contributed by atoms with Crippen molar-refractivity contribution in [1.82, 2.24) is 13.9 Å². The second-order valence-corrected chi connectivity index (χ2v) is 9.14. The first-order valence-corrected chi connectivity index (χ1v) is 9.64. The molecule has 1 aliphatic heterocycles. The van der Waals surface area contributed by atoms with Gasteiger partial charge in [0.2, 0.25) is 5.91 Å². The fraction of sp³-hybridized carbons (Fsp3) is 0.529. The molecule has 0 radical (unpaired) electrons. The van der Waals surface area contributed by atoms with Crippen molar-refractivity contribution >= 4 is 22.1 Å². The van der Waals surface area contributed by atoms with Crippen LogP contribution in [0.25, 0.3) is 0 Å². The predicted octanol–water partition coefficient (Wildman–Crippen LogP) is 0.608. The molecule has 1 fully saturated rings. The topological polar surface area (TPSA) is 96.0 Å². The molecule has 8 nitrogen and oxygen atoms in total. The van der Waals surface area contributed by atoms with Crippen LogP contribution < -0.4 is 4.72 Å². The number of hydrogen-bond donors (Lipinski definition) is 1. The van der Waals surface area contributed by atoms with Gasteiger partial charge in [0.1, 0.15) is 0 Å². The number of carbonyl (C=O) groups excluding carboxylic acids is 2. The Morgan fingerprint density at radius 2 is 1.88 bits per heavy atom. The smallest absolute Gasteiger partial charge is 0.338 e. The van der Waals surface area contributed by atoms with Gasteiger partial charge >= 0.3 is 16.2 Å². The van der Waals surface area contributed by atoms with Crippen LogP contribution in [0.2, 0.25) is 0 Å². The first kappa shape index (κ1) is 20.3. The summed E-state index contributed by atoms with van der Waals surface area (Å²) in [6, 6.07) is 6.49. The van der Waals surface area contributed by atoms with Crippen LogP contribution in [0.15, 0.2) is 24.3 Å². The van der Waals surface area contributed by atoms with Crippen LogP contribution in [0, 0.1) is 5.41 Å². The minimum absolute atomic E-state index is 0.0618. The van der Waals surface area contributed by atoms with Gasteiger partial charge in [-0.15, -0.1) is 0 Å². The maximum Gasteiger partial charge on any atom is 0.338 e. The minimum atomic E-state index is -3.76. The van der Waals surface area contributed by atoms with Crippen molar-refractivity contribution in [1.29, 1.82) is 0 Å². The van der Waals surface area contributed by atoms with Crippen LogP contribution in [0.5, 0.6) is 0 Å². The highest BCUT2D eigenvalue weighted by atomic mass is 32.2. The summed E-state index contributed by atoms with van der Waals surface area (Å²) in [5.74, 6) is -0.973. The minimum Gasteiger partial charge on any atom is -0.461 e. The second-order valence-electron chi connectivity index (χ2n) is 7.47. The summed E-state index contributed by atoms with van der Waals surface area (Å²) >= 11 is 0. The molecule has 1 amide bonds. The SMILES string of the molecule is CN(C)CC(C)(C)COC(=O)c1ccc(CN2CC(=O)NS2(=O)=O)cc1. The van der Waals surface area contributed by atoms with Gasteiger partial charge < -0.3 is 9.64 Å². The van der Waals surface area contributed by atoms with Crippen molar-refractivity contribution in [2.45, 2.75) is 20.4 Å². The molecule has 0 bridgehead atoms. The van der Waals surface area contributed by atoms with E-state index in [1.807, 2.05) is 37.6 Å². The summed E-state index contributed by atoms with van der Waals surface area (Å²) in [5, 5.41) is 0. The largest absolute Gasteiger partial charge is 0.461 e. The van der Waals surface area contributed by atoms with E-state index in [9.17, 15) is 18.0 Å². The van der Waals surface area contributed by atoms with Gasteiger partial charge in [-0.3, -0.25) is 4.79 Å². The average molecular weight is 383 g/mol. The summed E-state index contributed by atoms with van der Waals surface area (Å²) in [5.41, 5.74) is 0.908. The van der Waals surface area contributed by atoms with Crippen molar-refractivity contribution < 1.29 is 22.7 Å². The van der Waals surface area contributed by atoms with E-state index in [-0.39, 0.29) is 18.5 Å². The molecule has 1 heterocycles. The number of benzene rings is 1. The van der Waals surface area contributed by atoms with E-state index >= 15 is 0 Å². The molecule has 144 valence electrons. The second kappa shape index (κ2) is 7.73. The number of ether oxygens (including phenoxy) is 1. The van der Waals surface area contributed by atoms with Crippen LogP contribution >= 0.6 is 0 Å². The van der Waals surface area contributed by atoms with E-state index in [0.29, 0.717) is 17.7 Å². The molecule has 0 aromatic heterocycles. The first-order chi connectivity index (χ1) is 12.0. The number of esters is 1. The average Bonchev–Trinajstić information content (AvgIpc) is 2.76. The zero-order valence-corrected chi connectivity index (χ0v) is 16.3. The number of rotatable bonds is 7. The quantitative estimate of drug-likeness (QED) is 0.693. The van der Waals surface area contributed by atoms with E-state index in [0.717, 1.165) is 10.8 Å². The fourth-order valence-corrected chi connectivity index (χ4v) is 3.91. The summed E-state index contributed by atoms with van der Waals surface area (Å²) in [4.78, 5) is 25.4. The Morgan fingerprint density at radius 3 is 2.38 bits per heavy atom. The standard InChI is InChI=1S/C17H25N3O5S/c1-17(2,11-19(3)4)12-25-16(22)14-7-5-13(6-8-14)9-20-10-15(21)18-26(20,23)24/h5-8H,9-12H2,1-4H3,(H,18,21). The molecule has 26 heavy (non-hydrogen) atoms. The van der Waals surface area contributed by atoms with Crippen LogP contribution in [-0.4, -0.2) is 63.3 Å². The van der Waals surface area contributed by atoms with Crippen molar-refractivity contribution in [2.24, 2.45) is 5.41 Å². The van der Waals surface area contributed by atoms with Crippen molar-refractivity contribution in [3.63, 3.8) is 0 Å². The third kappa shape index (κ3) is 5.52. The molecule has 1 aromatic carbocycles. The van der Waals surface area contributed by atoms with Crippen LogP contribution in [-0.2, 0) is 26.3 Å². The van der Waals surface area contributed by atoms with Gasteiger partial charge in [-0.1, -0.05) is 26.0 Å². The Hall–Kier alpha value is -1.97. The molecule has 0 spiro atoms. The third-order valence-electron chi connectivity index (χ3n) is 3.79. The molecule has 1 saturated heterocycles. The van der Waals surface area contributed by atoms with Crippen molar-refractivity contribution in [3.8, 4) is 0 Å². The number of hydrogen-bond acceptors (Lipinski definition) is 6. The van der Waals surface area contributed by atoms with Crippen LogP contribution in [0.1, 0.15) is 29.8 Å². The maximum absolute atomic E-state index is 12.2. The Balaban J connectivity index is 1.94. The van der Waals surface area contributed by atoms with Crippen LogP contribution in [0.4, 0.5) is 0 Å².